The fourth-order valence-electron chi connectivity index (χ4n) is 4.82. The van der Waals surface area contributed by atoms with Crippen LogP contribution in [0.25, 0.3) is 10.9 Å². The first kappa shape index (κ1) is 29.6. The molecular weight excluding hydrogens is 543 g/mol. The number of nitrogens with one attached hydrogen (secondary N) is 1. The van der Waals surface area contributed by atoms with Crippen LogP contribution in [-0.2, 0) is 42.3 Å². The maximum atomic E-state index is 11.6. The number of hydrogen-bond donors (Lipinski definition) is 3. The molecule has 41 heavy (non-hydrogen) atoms. The number of nitrogens with zero attached hydrogens (tertiary/aromatic N) is 4. The minimum Gasteiger partial charge on any atom is -0.481 e. The highest BCUT2D eigenvalue weighted by Gasteiger charge is 2.38. The number of fused-ring (bicyclic) bond motifs is 2. The summed E-state index contributed by atoms with van der Waals surface area (Å²) in [6.45, 7) is 0.983. The molecule has 0 amide bonds. The molecule has 0 aliphatic carbocycles. The Hall–Kier alpha value is -4.42. The van der Waals surface area contributed by atoms with E-state index in [0.29, 0.717) is 24.6 Å². The van der Waals surface area contributed by atoms with E-state index in [-0.39, 0.29) is 12.3 Å². The third kappa shape index (κ3) is 7.83. The van der Waals surface area contributed by atoms with Crippen LogP contribution in [0.1, 0.15) is 53.7 Å². The first-order valence-corrected chi connectivity index (χ1v) is 13.1. The van der Waals surface area contributed by atoms with E-state index in [2.05, 4.69) is 27.6 Å². The molecule has 0 saturated heterocycles. The van der Waals surface area contributed by atoms with Crippen molar-refractivity contribution >= 4 is 28.7 Å². The fourth-order valence-corrected chi connectivity index (χ4v) is 4.82. The predicted molar refractivity (Wildman–Crippen MR) is 143 cm³/mol. The van der Waals surface area contributed by atoms with Crippen LogP contribution >= 0.6 is 0 Å². The van der Waals surface area contributed by atoms with Crippen molar-refractivity contribution < 1.29 is 37.5 Å². The van der Waals surface area contributed by atoms with Gasteiger partial charge in [-0.3, -0.25) is 4.79 Å². The maximum absolute atomic E-state index is 11.6. The lowest BCUT2D eigenvalue weighted by Crippen LogP contribution is -2.21. The summed E-state index contributed by atoms with van der Waals surface area (Å²) in [7, 11) is 1.97. The summed E-state index contributed by atoms with van der Waals surface area (Å²) in [5, 5.41) is 25.2. The van der Waals surface area contributed by atoms with Gasteiger partial charge in [0, 0.05) is 55.1 Å². The topological polar surface area (TPSA) is 143 Å². The molecule has 1 atom stereocenters. The second-order valence-corrected chi connectivity index (χ2v) is 9.81. The molecule has 1 aromatic carbocycles. The van der Waals surface area contributed by atoms with Crippen molar-refractivity contribution in [3.8, 4) is 0 Å². The van der Waals surface area contributed by atoms with E-state index < -0.39 is 18.1 Å². The number of aliphatic carboxylic acids is 2. The van der Waals surface area contributed by atoms with Crippen molar-refractivity contribution in [2.45, 2.75) is 57.0 Å². The van der Waals surface area contributed by atoms with Gasteiger partial charge in [0.1, 0.15) is 5.82 Å². The van der Waals surface area contributed by atoms with E-state index in [0.717, 1.165) is 60.2 Å². The summed E-state index contributed by atoms with van der Waals surface area (Å²) >= 11 is 0. The lowest BCUT2D eigenvalue weighted by atomic mass is 9.92. The number of carboxylic acids is 2. The Morgan fingerprint density at radius 1 is 1.12 bits per heavy atom. The van der Waals surface area contributed by atoms with Crippen LogP contribution in [0.15, 0.2) is 47.1 Å². The number of carbonyl (C=O) groups is 2. The van der Waals surface area contributed by atoms with Gasteiger partial charge in [0.25, 0.3) is 0 Å². The number of benzene rings is 1. The maximum Gasteiger partial charge on any atom is 0.490 e. The molecular formula is C28H30F3N5O5. The van der Waals surface area contributed by atoms with Gasteiger partial charge in [0.15, 0.2) is 5.82 Å². The van der Waals surface area contributed by atoms with E-state index in [4.69, 9.17) is 19.4 Å². The van der Waals surface area contributed by atoms with Gasteiger partial charge in [-0.15, -0.1) is 0 Å². The van der Waals surface area contributed by atoms with Crippen molar-refractivity contribution in [1.29, 1.82) is 0 Å². The van der Waals surface area contributed by atoms with Gasteiger partial charge in [-0.25, -0.2) is 9.78 Å². The number of halogens is 3. The normalized spacial score (nSPS) is 13.6. The molecule has 218 valence electrons. The number of aromatic nitrogens is 4. The van der Waals surface area contributed by atoms with Crippen molar-refractivity contribution in [3.05, 3.63) is 71.1 Å². The van der Waals surface area contributed by atoms with Gasteiger partial charge in [-0.2, -0.15) is 18.2 Å². The largest absolute Gasteiger partial charge is 0.490 e. The zero-order chi connectivity index (χ0) is 29.6. The number of rotatable bonds is 9. The van der Waals surface area contributed by atoms with Gasteiger partial charge in [0.05, 0.1) is 6.42 Å². The van der Waals surface area contributed by atoms with Crippen LogP contribution in [-0.4, -0.2) is 54.6 Å². The highest BCUT2D eigenvalue weighted by atomic mass is 19.4. The molecule has 4 aromatic rings. The van der Waals surface area contributed by atoms with Gasteiger partial charge >= 0.3 is 18.1 Å². The van der Waals surface area contributed by atoms with Crippen LogP contribution < -0.4 is 5.32 Å². The molecule has 0 saturated carbocycles. The zero-order valence-electron chi connectivity index (χ0n) is 22.3. The van der Waals surface area contributed by atoms with Crippen molar-refractivity contribution in [2.24, 2.45) is 7.05 Å². The lowest BCUT2D eigenvalue weighted by Gasteiger charge is -2.17. The quantitative estimate of drug-likeness (QED) is 0.254. The van der Waals surface area contributed by atoms with Crippen molar-refractivity contribution in [2.75, 3.05) is 11.9 Å². The molecule has 5 rings (SSSR count). The van der Waals surface area contributed by atoms with Crippen LogP contribution in [0.4, 0.5) is 19.0 Å². The summed E-state index contributed by atoms with van der Waals surface area (Å²) in [4.78, 5) is 29.8. The molecule has 0 bridgehead atoms. The Morgan fingerprint density at radius 2 is 1.88 bits per heavy atom. The van der Waals surface area contributed by atoms with Gasteiger partial charge in [0.2, 0.25) is 5.89 Å². The van der Waals surface area contributed by atoms with E-state index in [1.54, 1.807) is 0 Å². The average molecular weight is 574 g/mol. The monoisotopic (exact) mass is 573 g/mol. The predicted octanol–water partition coefficient (Wildman–Crippen LogP) is 4.92. The van der Waals surface area contributed by atoms with E-state index in [1.807, 2.05) is 42.1 Å². The molecule has 0 fully saturated rings. The first-order valence-electron chi connectivity index (χ1n) is 13.1. The summed E-state index contributed by atoms with van der Waals surface area (Å²) in [5.41, 5.74) is 4.42. The average Bonchev–Trinajstić information content (AvgIpc) is 3.52. The minimum atomic E-state index is -5.08. The van der Waals surface area contributed by atoms with Crippen molar-refractivity contribution in [3.63, 3.8) is 0 Å². The fraction of sp³-hybridized carbons (Fsp3) is 0.393. The summed E-state index contributed by atoms with van der Waals surface area (Å²) in [6, 6.07) is 12.3. The van der Waals surface area contributed by atoms with Crippen LogP contribution in [0.5, 0.6) is 0 Å². The highest BCUT2D eigenvalue weighted by molar-refractivity contribution is 5.85. The summed E-state index contributed by atoms with van der Waals surface area (Å²) in [5.74, 6) is -1.70. The van der Waals surface area contributed by atoms with Gasteiger partial charge < -0.3 is 24.6 Å². The lowest BCUT2D eigenvalue weighted by molar-refractivity contribution is -0.192. The number of anilines is 1. The Kier molecular flexibility index (Phi) is 9.25. The van der Waals surface area contributed by atoms with E-state index in [9.17, 15) is 23.1 Å². The third-order valence-corrected chi connectivity index (χ3v) is 6.75. The number of aryl methyl sites for hydroxylation is 4. The Bertz CT molecular complexity index is 1510. The number of pyridine rings is 1. The molecule has 0 spiro atoms. The smallest absolute Gasteiger partial charge is 0.481 e. The van der Waals surface area contributed by atoms with Crippen LogP contribution in [0, 0.1) is 0 Å². The Labute approximate surface area is 233 Å². The Balaban J connectivity index is 0.000000493. The molecule has 3 aromatic heterocycles. The minimum absolute atomic E-state index is 0.00372. The number of hydrogen-bond acceptors (Lipinski definition) is 7. The summed E-state index contributed by atoms with van der Waals surface area (Å²) in [6.07, 6.45) is 1.96. The highest BCUT2D eigenvalue weighted by Crippen LogP contribution is 2.32. The van der Waals surface area contributed by atoms with Gasteiger partial charge in [-0.05, 0) is 48.9 Å². The molecule has 3 N–H and O–H groups in total. The second kappa shape index (κ2) is 12.8. The van der Waals surface area contributed by atoms with Crippen LogP contribution in [0.2, 0.25) is 0 Å². The third-order valence-electron chi connectivity index (χ3n) is 6.75. The SMILES string of the molecule is Cn1cc(C(CC(=O)O)Cc2nc(CCCc3ccc4c(n3)NCCC4)no2)c2ccccc21.O=C(O)C(F)(F)F. The first-order chi connectivity index (χ1) is 19.5. The number of alkyl halides is 3. The second-order valence-electron chi connectivity index (χ2n) is 9.81. The van der Waals surface area contributed by atoms with E-state index >= 15 is 0 Å². The molecule has 0 radical (unpaired) electrons. The molecule has 1 aliphatic heterocycles. The Morgan fingerprint density at radius 3 is 2.61 bits per heavy atom. The molecule has 13 heteroatoms. The molecule has 1 aliphatic rings. The number of para-hydroxylation sites is 1. The number of carboxylic acid groups (broad SMARTS) is 2. The summed E-state index contributed by atoms with van der Waals surface area (Å²) < 4.78 is 39.3. The molecule has 1 unspecified atom stereocenters. The van der Waals surface area contributed by atoms with Gasteiger partial charge in [-0.1, -0.05) is 29.4 Å². The van der Waals surface area contributed by atoms with E-state index in [1.165, 1.54) is 5.56 Å². The van der Waals surface area contributed by atoms with Crippen molar-refractivity contribution in [1.82, 2.24) is 19.7 Å². The molecule has 4 heterocycles. The zero-order valence-corrected chi connectivity index (χ0v) is 22.3. The van der Waals surface area contributed by atoms with Crippen LogP contribution in [0.3, 0.4) is 0 Å². The standard InChI is InChI=1S/C26H29N5O3.C2HF3O2/c1-31-16-21(20-8-2-3-9-22(20)31)18(15-25(32)33)14-24-29-23(30-34-24)10-4-7-19-12-11-17-6-5-13-27-26(17)28-19;3-2(4,5)1(6)7/h2-3,8-9,11-12,16,18H,4-7,10,13-15H2,1H3,(H,27,28)(H,32,33);(H,6,7). The molecule has 10 nitrogen and oxygen atoms in total.